The molecule has 0 aliphatic rings. The van der Waals surface area contributed by atoms with Crippen molar-refractivity contribution in [3.8, 4) is 0 Å². The molecule has 0 unspecified atom stereocenters. The highest BCUT2D eigenvalue weighted by atomic mass is 16.7. The molecule has 0 atom stereocenters. The molecule has 0 bridgehead atoms. The summed E-state index contributed by atoms with van der Waals surface area (Å²) in [4.78, 5) is 25.2. The predicted molar refractivity (Wildman–Crippen MR) is 86.1 cm³/mol. The summed E-state index contributed by atoms with van der Waals surface area (Å²) in [5.41, 5.74) is 1.90. The maximum atomic E-state index is 11.5. The molecule has 5 heteroatoms. The third-order valence-electron chi connectivity index (χ3n) is 3.72. The van der Waals surface area contributed by atoms with Crippen LogP contribution in [0, 0.1) is 0 Å². The van der Waals surface area contributed by atoms with Crippen molar-refractivity contribution in [2.24, 2.45) is 0 Å². The Morgan fingerprint density at radius 2 is 2.00 bits per heavy atom. The highest BCUT2D eigenvalue weighted by Gasteiger charge is 2.06. The molecule has 2 aromatic heterocycles. The SMILES string of the molecule is CON(C)C(=O)CCCCCCc1ccc2cccnc2n1. The van der Waals surface area contributed by atoms with Crippen LogP contribution in [0.2, 0.25) is 0 Å². The van der Waals surface area contributed by atoms with Crippen molar-refractivity contribution < 1.29 is 9.63 Å². The molecule has 22 heavy (non-hydrogen) atoms. The van der Waals surface area contributed by atoms with E-state index in [4.69, 9.17) is 4.84 Å². The van der Waals surface area contributed by atoms with E-state index in [2.05, 4.69) is 22.1 Å². The van der Waals surface area contributed by atoms with Crippen LogP contribution in [0.4, 0.5) is 0 Å². The zero-order valence-electron chi connectivity index (χ0n) is 13.3. The van der Waals surface area contributed by atoms with E-state index >= 15 is 0 Å². The van der Waals surface area contributed by atoms with Crippen LogP contribution in [0.1, 0.15) is 37.8 Å². The minimum atomic E-state index is 0.0322. The van der Waals surface area contributed by atoms with Crippen LogP contribution in [0.25, 0.3) is 11.0 Å². The largest absolute Gasteiger partial charge is 0.275 e. The van der Waals surface area contributed by atoms with E-state index in [1.165, 1.54) is 12.2 Å². The fourth-order valence-electron chi connectivity index (χ4n) is 2.33. The van der Waals surface area contributed by atoms with Crippen molar-refractivity contribution >= 4 is 16.9 Å². The van der Waals surface area contributed by atoms with Gasteiger partial charge in [0, 0.05) is 30.7 Å². The number of aromatic nitrogens is 2. The summed E-state index contributed by atoms with van der Waals surface area (Å²) in [7, 11) is 3.14. The Hall–Kier alpha value is -2.01. The molecule has 0 fully saturated rings. The van der Waals surface area contributed by atoms with Crippen LogP contribution in [0.5, 0.6) is 0 Å². The van der Waals surface area contributed by atoms with Crippen LogP contribution in [-0.4, -0.2) is 35.1 Å². The highest BCUT2D eigenvalue weighted by molar-refractivity contribution is 5.74. The molecular weight excluding hydrogens is 278 g/mol. The number of amides is 1. The monoisotopic (exact) mass is 301 g/mol. The second-order valence-electron chi connectivity index (χ2n) is 5.34. The molecule has 0 spiro atoms. The Morgan fingerprint density at radius 1 is 1.18 bits per heavy atom. The van der Waals surface area contributed by atoms with Gasteiger partial charge in [-0.05, 0) is 43.5 Å². The van der Waals surface area contributed by atoms with E-state index in [0.29, 0.717) is 6.42 Å². The molecule has 0 aromatic carbocycles. The summed E-state index contributed by atoms with van der Waals surface area (Å²) in [5, 5.41) is 2.36. The van der Waals surface area contributed by atoms with Gasteiger partial charge in [0.2, 0.25) is 5.91 Å². The molecule has 2 rings (SSSR count). The number of hydrogen-bond acceptors (Lipinski definition) is 4. The topological polar surface area (TPSA) is 55.3 Å². The molecule has 0 aliphatic heterocycles. The van der Waals surface area contributed by atoms with Crippen molar-refractivity contribution in [2.75, 3.05) is 14.2 Å². The zero-order valence-corrected chi connectivity index (χ0v) is 13.3. The van der Waals surface area contributed by atoms with Gasteiger partial charge in [0.05, 0.1) is 7.11 Å². The van der Waals surface area contributed by atoms with Crippen molar-refractivity contribution in [3.63, 3.8) is 0 Å². The average molecular weight is 301 g/mol. The van der Waals surface area contributed by atoms with Gasteiger partial charge in [-0.15, -0.1) is 0 Å². The molecular formula is C17H23N3O2. The Labute approximate surface area is 131 Å². The second-order valence-corrected chi connectivity index (χ2v) is 5.34. The summed E-state index contributed by atoms with van der Waals surface area (Å²) >= 11 is 0. The van der Waals surface area contributed by atoms with Crippen LogP contribution < -0.4 is 0 Å². The van der Waals surface area contributed by atoms with E-state index in [-0.39, 0.29) is 5.91 Å². The molecule has 2 aromatic rings. The molecule has 5 nitrogen and oxygen atoms in total. The molecule has 118 valence electrons. The lowest BCUT2D eigenvalue weighted by molar-refractivity contribution is -0.168. The number of aryl methyl sites for hydroxylation is 1. The second kappa shape index (κ2) is 8.44. The maximum Gasteiger partial charge on any atom is 0.245 e. The Bertz CT molecular complexity index is 616. The first-order chi connectivity index (χ1) is 10.7. The number of nitrogens with zero attached hydrogens (tertiary/aromatic N) is 3. The van der Waals surface area contributed by atoms with E-state index in [9.17, 15) is 4.79 Å². The fourth-order valence-corrected chi connectivity index (χ4v) is 2.33. The number of unbranched alkanes of at least 4 members (excludes halogenated alkanes) is 3. The summed E-state index contributed by atoms with van der Waals surface area (Å²) < 4.78 is 0. The summed E-state index contributed by atoms with van der Waals surface area (Å²) in [6.45, 7) is 0. The van der Waals surface area contributed by atoms with E-state index in [1.807, 2.05) is 12.1 Å². The number of carbonyl (C=O) groups excluding carboxylic acids is 1. The summed E-state index contributed by atoms with van der Waals surface area (Å²) in [6, 6.07) is 8.09. The Kier molecular flexibility index (Phi) is 6.27. The molecule has 1 amide bonds. The van der Waals surface area contributed by atoms with E-state index in [1.54, 1.807) is 13.2 Å². The van der Waals surface area contributed by atoms with Gasteiger partial charge in [0.15, 0.2) is 5.65 Å². The van der Waals surface area contributed by atoms with Gasteiger partial charge >= 0.3 is 0 Å². The van der Waals surface area contributed by atoms with Crippen LogP contribution >= 0.6 is 0 Å². The van der Waals surface area contributed by atoms with Crippen molar-refractivity contribution in [3.05, 3.63) is 36.2 Å². The van der Waals surface area contributed by atoms with Crippen LogP contribution in [0.15, 0.2) is 30.5 Å². The lowest BCUT2D eigenvalue weighted by Crippen LogP contribution is -2.24. The molecule has 0 radical (unpaired) electrons. The molecule has 0 aliphatic carbocycles. The third-order valence-corrected chi connectivity index (χ3v) is 3.72. The summed E-state index contributed by atoms with van der Waals surface area (Å²) in [6.07, 6.45) is 7.41. The number of hydroxylamine groups is 2. The minimum Gasteiger partial charge on any atom is -0.275 e. The number of fused-ring (bicyclic) bond motifs is 1. The molecule has 0 saturated carbocycles. The smallest absolute Gasteiger partial charge is 0.245 e. The average Bonchev–Trinajstić information content (AvgIpc) is 2.56. The van der Waals surface area contributed by atoms with Crippen molar-refractivity contribution in [1.29, 1.82) is 0 Å². The first-order valence-corrected chi connectivity index (χ1v) is 7.72. The summed E-state index contributed by atoms with van der Waals surface area (Å²) in [5.74, 6) is 0.0322. The Morgan fingerprint density at radius 3 is 2.82 bits per heavy atom. The number of rotatable bonds is 8. The number of hydrogen-bond donors (Lipinski definition) is 0. The lowest BCUT2D eigenvalue weighted by Gasteiger charge is -2.12. The highest BCUT2D eigenvalue weighted by Crippen LogP contribution is 2.12. The number of carbonyl (C=O) groups is 1. The molecule has 2 heterocycles. The Balaban J connectivity index is 1.67. The third kappa shape index (κ3) is 4.77. The van der Waals surface area contributed by atoms with Gasteiger partial charge in [-0.25, -0.2) is 15.0 Å². The van der Waals surface area contributed by atoms with Crippen LogP contribution in [0.3, 0.4) is 0 Å². The lowest BCUT2D eigenvalue weighted by atomic mass is 10.1. The first kappa shape index (κ1) is 16.4. The molecule has 0 N–H and O–H groups in total. The first-order valence-electron chi connectivity index (χ1n) is 7.72. The van der Waals surface area contributed by atoms with Crippen molar-refractivity contribution in [1.82, 2.24) is 15.0 Å². The zero-order chi connectivity index (χ0) is 15.8. The van der Waals surface area contributed by atoms with Gasteiger partial charge in [-0.2, -0.15) is 0 Å². The van der Waals surface area contributed by atoms with Gasteiger partial charge in [0.25, 0.3) is 0 Å². The van der Waals surface area contributed by atoms with Gasteiger partial charge < -0.3 is 0 Å². The molecule has 0 saturated heterocycles. The predicted octanol–water partition coefficient (Wildman–Crippen LogP) is 3.14. The van der Waals surface area contributed by atoms with Crippen molar-refractivity contribution in [2.45, 2.75) is 38.5 Å². The van der Waals surface area contributed by atoms with E-state index in [0.717, 1.165) is 48.8 Å². The van der Waals surface area contributed by atoms with E-state index < -0.39 is 0 Å². The van der Waals surface area contributed by atoms with Crippen LogP contribution in [-0.2, 0) is 16.1 Å². The van der Waals surface area contributed by atoms with Gasteiger partial charge in [-0.1, -0.05) is 12.8 Å². The standard InChI is InChI=1S/C17H23N3O2/c1-20(22-2)16(21)10-6-4-3-5-9-15-12-11-14-8-7-13-18-17(14)19-15/h7-8,11-13H,3-6,9-10H2,1-2H3. The van der Waals surface area contributed by atoms with Gasteiger partial charge in [-0.3, -0.25) is 9.63 Å². The quantitative estimate of drug-likeness (QED) is 0.555. The minimum absolute atomic E-state index is 0.0322. The number of pyridine rings is 2. The maximum absolute atomic E-state index is 11.5. The normalized spacial score (nSPS) is 10.8. The fraction of sp³-hybridized carbons (Fsp3) is 0.471. The van der Waals surface area contributed by atoms with Gasteiger partial charge in [0.1, 0.15) is 0 Å².